The minimum atomic E-state index is -0.685. The Hall–Kier alpha value is -1.82. The highest BCUT2D eigenvalue weighted by atomic mass is 19.1. The lowest BCUT2D eigenvalue weighted by Gasteiger charge is -2.20. The van der Waals surface area contributed by atoms with Crippen molar-refractivity contribution in [3.05, 3.63) is 24.0 Å². The van der Waals surface area contributed by atoms with Crippen LogP contribution in [0.3, 0.4) is 0 Å². The summed E-state index contributed by atoms with van der Waals surface area (Å²) in [5, 5.41) is 5.49. The van der Waals surface area contributed by atoms with Gasteiger partial charge in [-0.2, -0.15) is 0 Å². The molecule has 20 heavy (non-hydrogen) atoms. The van der Waals surface area contributed by atoms with Crippen molar-refractivity contribution in [1.29, 1.82) is 0 Å². The van der Waals surface area contributed by atoms with Crippen LogP contribution >= 0.6 is 0 Å². The third-order valence-corrected chi connectivity index (χ3v) is 2.31. The number of hydrogen-bond donors (Lipinski definition) is 3. The maximum absolute atomic E-state index is 13.6. The first-order valence-corrected chi connectivity index (χ1v) is 6.55. The summed E-state index contributed by atoms with van der Waals surface area (Å²) in [4.78, 5) is 11.6. The van der Waals surface area contributed by atoms with Gasteiger partial charge in [-0.1, -0.05) is 0 Å². The van der Waals surface area contributed by atoms with Crippen LogP contribution in [0.15, 0.2) is 18.2 Å². The first kappa shape index (κ1) is 16.2. The number of carbonyl (C=O) groups is 1. The fraction of sp³-hybridized carbons (Fsp3) is 0.500. The average Bonchev–Trinajstić information content (AvgIpc) is 2.31. The number of nitrogens with two attached hydrogens (primary N) is 1. The highest BCUT2D eigenvalue weighted by Gasteiger charge is 2.17. The van der Waals surface area contributed by atoms with Crippen LogP contribution in [0.2, 0.25) is 0 Å². The monoisotopic (exact) mass is 283 g/mol. The van der Waals surface area contributed by atoms with Gasteiger partial charge in [0.25, 0.3) is 0 Å². The second kappa shape index (κ2) is 7.09. The summed E-state index contributed by atoms with van der Waals surface area (Å²) in [7, 11) is 0. The number of anilines is 2. The Kier molecular flexibility index (Phi) is 5.76. The van der Waals surface area contributed by atoms with Gasteiger partial charge >= 0.3 is 6.09 Å². The molecule has 0 aliphatic rings. The molecule has 6 heteroatoms. The molecule has 4 N–H and O–H groups in total. The Labute approximate surface area is 118 Å². The van der Waals surface area contributed by atoms with E-state index in [1.54, 1.807) is 26.8 Å². The molecule has 0 aliphatic carbocycles. The van der Waals surface area contributed by atoms with Gasteiger partial charge in [-0.3, -0.25) is 5.32 Å². The Morgan fingerprint density at radius 3 is 2.70 bits per heavy atom. The Bertz CT molecular complexity index is 458. The molecule has 0 heterocycles. The fourth-order valence-electron chi connectivity index (χ4n) is 1.48. The van der Waals surface area contributed by atoms with Gasteiger partial charge in [0.1, 0.15) is 11.4 Å². The average molecular weight is 283 g/mol. The summed E-state index contributed by atoms with van der Waals surface area (Å²) in [5.74, 6) is -0.514. The number of carbonyl (C=O) groups excluding carboxylic acids is 1. The number of ether oxygens (including phenoxy) is 1. The summed E-state index contributed by atoms with van der Waals surface area (Å²) in [6, 6.07) is 4.42. The second-order valence-corrected chi connectivity index (χ2v) is 5.39. The van der Waals surface area contributed by atoms with E-state index in [1.807, 2.05) is 0 Å². The molecule has 1 rings (SSSR count). The number of nitrogens with one attached hydrogen (secondary N) is 2. The first-order valence-electron chi connectivity index (χ1n) is 6.55. The number of benzene rings is 1. The molecule has 112 valence electrons. The standard InChI is InChI=1S/C14H22FN3O2/c1-14(2,3)20-13(19)18-12-9-10(5-6-11(12)15)17-8-4-7-16/h5-6,9,17H,4,7-8,16H2,1-3H3,(H,18,19). The van der Waals surface area contributed by atoms with Gasteiger partial charge < -0.3 is 15.8 Å². The predicted octanol–water partition coefficient (Wildman–Crippen LogP) is 2.93. The van der Waals surface area contributed by atoms with E-state index >= 15 is 0 Å². The quantitative estimate of drug-likeness (QED) is 0.726. The second-order valence-electron chi connectivity index (χ2n) is 5.39. The summed E-state index contributed by atoms with van der Waals surface area (Å²) < 4.78 is 18.7. The van der Waals surface area contributed by atoms with E-state index in [0.29, 0.717) is 18.8 Å². The zero-order valence-electron chi connectivity index (χ0n) is 12.1. The Morgan fingerprint density at radius 2 is 2.10 bits per heavy atom. The van der Waals surface area contributed by atoms with E-state index in [4.69, 9.17) is 10.5 Å². The van der Waals surface area contributed by atoms with Crippen molar-refractivity contribution in [3.8, 4) is 0 Å². The molecule has 5 nitrogen and oxygen atoms in total. The van der Waals surface area contributed by atoms with E-state index in [2.05, 4.69) is 10.6 Å². The molecule has 0 bridgehead atoms. The molecule has 0 fully saturated rings. The maximum atomic E-state index is 13.6. The van der Waals surface area contributed by atoms with Crippen molar-refractivity contribution in [2.45, 2.75) is 32.8 Å². The first-order chi connectivity index (χ1) is 9.31. The van der Waals surface area contributed by atoms with Crippen LogP contribution in [0.1, 0.15) is 27.2 Å². The van der Waals surface area contributed by atoms with Gasteiger partial charge in [-0.25, -0.2) is 9.18 Å². The lowest BCUT2D eigenvalue weighted by Crippen LogP contribution is -2.27. The normalized spacial score (nSPS) is 11.1. The molecule has 0 radical (unpaired) electrons. The summed E-state index contributed by atoms with van der Waals surface area (Å²) in [6.07, 6.45) is 0.127. The number of halogens is 1. The van der Waals surface area contributed by atoms with Crippen LogP contribution < -0.4 is 16.4 Å². The molecule has 1 amide bonds. The number of rotatable bonds is 5. The van der Waals surface area contributed by atoms with Crippen molar-refractivity contribution in [3.63, 3.8) is 0 Å². The van der Waals surface area contributed by atoms with Crippen molar-refractivity contribution in [1.82, 2.24) is 0 Å². The molecule has 0 spiro atoms. The summed E-state index contributed by atoms with van der Waals surface area (Å²) >= 11 is 0. The highest BCUT2D eigenvalue weighted by molar-refractivity contribution is 5.85. The van der Waals surface area contributed by atoms with E-state index < -0.39 is 17.5 Å². The largest absolute Gasteiger partial charge is 0.444 e. The van der Waals surface area contributed by atoms with Crippen LogP contribution in [-0.2, 0) is 4.74 Å². The molecule has 0 atom stereocenters. The lowest BCUT2D eigenvalue weighted by atomic mass is 10.2. The summed E-state index contributed by atoms with van der Waals surface area (Å²) in [5.41, 5.74) is 5.56. The van der Waals surface area contributed by atoms with Crippen LogP contribution in [0.4, 0.5) is 20.6 Å². The van der Waals surface area contributed by atoms with E-state index in [-0.39, 0.29) is 5.69 Å². The zero-order chi connectivity index (χ0) is 15.2. The molecule has 0 aromatic heterocycles. The van der Waals surface area contributed by atoms with E-state index in [9.17, 15) is 9.18 Å². The molecule has 0 saturated carbocycles. The van der Waals surface area contributed by atoms with Crippen molar-refractivity contribution in [2.24, 2.45) is 5.73 Å². The van der Waals surface area contributed by atoms with Crippen LogP contribution in [0.5, 0.6) is 0 Å². The minimum Gasteiger partial charge on any atom is -0.444 e. The molecular weight excluding hydrogens is 261 g/mol. The molecule has 0 saturated heterocycles. The van der Waals surface area contributed by atoms with Crippen LogP contribution in [0.25, 0.3) is 0 Å². The van der Waals surface area contributed by atoms with Crippen molar-refractivity contribution < 1.29 is 13.9 Å². The highest BCUT2D eigenvalue weighted by Crippen LogP contribution is 2.20. The lowest BCUT2D eigenvalue weighted by molar-refractivity contribution is 0.0635. The number of amides is 1. The molecule has 0 aliphatic heterocycles. The van der Waals surface area contributed by atoms with Gasteiger partial charge in [0.2, 0.25) is 0 Å². The molecular formula is C14H22FN3O2. The Balaban J connectivity index is 2.68. The van der Waals surface area contributed by atoms with Crippen molar-refractivity contribution in [2.75, 3.05) is 23.7 Å². The SMILES string of the molecule is CC(C)(C)OC(=O)Nc1cc(NCCCN)ccc1F. The van der Waals surface area contributed by atoms with E-state index in [0.717, 1.165) is 6.42 Å². The third-order valence-electron chi connectivity index (χ3n) is 2.31. The van der Waals surface area contributed by atoms with Crippen molar-refractivity contribution >= 4 is 17.5 Å². The van der Waals surface area contributed by atoms with Gasteiger partial charge in [-0.15, -0.1) is 0 Å². The molecule has 0 unspecified atom stereocenters. The topological polar surface area (TPSA) is 76.4 Å². The van der Waals surface area contributed by atoms with Gasteiger partial charge in [0.05, 0.1) is 5.69 Å². The third kappa shape index (κ3) is 5.88. The molecule has 1 aromatic carbocycles. The minimum absolute atomic E-state index is 0.0806. The van der Waals surface area contributed by atoms with Crippen LogP contribution in [-0.4, -0.2) is 24.8 Å². The number of hydrogen-bond acceptors (Lipinski definition) is 4. The summed E-state index contributed by atoms with van der Waals surface area (Å²) in [6.45, 7) is 6.50. The zero-order valence-corrected chi connectivity index (χ0v) is 12.1. The maximum Gasteiger partial charge on any atom is 0.412 e. The van der Waals surface area contributed by atoms with Gasteiger partial charge in [-0.05, 0) is 51.9 Å². The molecule has 1 aromatic rings. The smallest absolute Gasteiger partial charge is 0.412 e. The van der Waals surface area contributed by atoms with E-state index in [1.165, 1.54) is 12.1 Å². The predicted molar refractivity (Wildman–Crippen MR) is 78.4 cm³/mol. The van der Waals surface area contributed by atoms with Gasteiger partial charge in [0, 0.05) is 12.2 Å². The fourth-order valence-corrected chi connectivity index (χ4v) is 1.48. The van der Waals surface area contributed by atoms with Gasteiger partial charge in [0.15, 0.2) is 0 Å². The Morgan fingerprint density at radius 1 is 1.40 bits per heavy atom. The van der Waals surface area contributed by atoms with Crippen LogP contribution in [0, 0.1) is 5.82 Å².